The fourth-order valence-corrected chi connectivity index (χ4v) is 21.0. The predicted molar refractivity (Wildman–Crippen MR) is 607 cm³/mol. The van der Waals surface area contributed by atoms with Gasteiger partial charge in [0.25, 0.3) is 5.79 Å². The Morgan fingerprint density at radius 2 is 0.543 bits per heavy atom. The zero-order valence-corrected chi connectivity index (χ0v) is 91.7. The Morgan fingerprint density at radius 1 is 0.275 bits per heavy atom. The van der Waals surface area contributed by atoms with Gasteiger partial charge in [-0.3, -0.25) is 0 Å². The number of fused-ring (bicyclic) bond motifs is 10. The molecule has 0 aromatic heterocycles. The molecule has 0 saturated heterocycles. The molecule has 6 aliphatic rings. The third-order valence-electron chi connectivity index (χ3n) is 27.9. The Morgan fingerprint density at radius 3 is 0.862 bits per heavy atom. The van der Waals surface area contributed by atoms with Crippen LogP contribution in [0.4, 0.5) is 0 Å². The molecule has 2 heterocycles. The number of rotatable bonds is 7. The summed E-state index contributed by atoms with van der Waals surface area (Å²) >= 11 is 0. The van der Waals surface area contributed by atoms with E-state index in [-0.39, 0.29) is 103 Å². The molecular weight excluding hydrogens is 1740 g/mol. The van der Waals surface area contributed by atoms with Crippen LogP contribution in [0.1, 0.15) is 350 Å². The third kappa shape index (κ3) is 27.7. The Hall–Kier alpha value is -10.2. The van der Waals surface area contributed by atoms with Crippen molar-refractivity contribution in [2.45, 2.75) is 318 Å². The molecule has 20 rings (SSSR count). The molecular formula is C135H178O2Y-2. The molecule has 14 aromatic rings. The molecule has 4 unspecified atom stereocenters. The minimum absolute atomic E-state index is 0. The van der Waals surface area contributed by atoms with E-state index in [9.17, 15) is 0 Å². The van der Waals surface area contributed by atoms with Gasteiger partial charge in [-0.05, 0) is 224 Å². The van der Waals surface area contributed by atoms with Crippen molar-refractivity contribution in [3.8, 4) is 22.6 Å². The van der Waals surface area contributed by atoms with Gasteiger partial charge >= 0.3 is 0 Å². The van der Waals surface area contributed by atoms with Gasteiger partial charge in [0, 0.05) is 80.3 Å². The zero-order valence-electron chi connectivity index (χ0n) is 88.9. The number of benzene rings is 14. The molecule has 14 aromatic carbocycles. The van der Waals surface area contributed by atoms with E-state index in [2.05, 4.69) is 421 Å². The SMILES string of the molecule is C.C.C.CC.CC.CC.CC.CC.CC.Cc1ccc(C2(C)CCC(C(C)(C)c3ccc(C)cc3)CC2)cc1.Cc1ccc(C2(c3ccc(C)cc3)c3ccccc3-c3ccccc32)cc1.Cc1ccc2c(c1)C1C(c3cc(C)ccc3C1(C)C)C2(C)C.Cc1ccc2c(c1)OC1(CC2c2ccccc2)CC(c2ccccc2)c2ccc(C)cc2O1.Cc1ccccc1.Cc1ccccc1.[CH3-].[CH3-].[Y]. The predicted octanol–water partition coefficient (Wildman–Crippen LogP) is 39.6. The normalized spacial score (nSPS) is 17.9. The largest absolute Gasteiger partial charge is 0.452 e. The summed E-state index contributed by atoms with van der Waals surface area (Å²) < 4.78 is 13.6. The van der Waals surface area contributed by atoms with E-state index in [4.69, 9.17) is 9.47 Å². The van der Waals surface area contributed by atoms with E-state index in [0.717, 1.165) is 30.3 Å². The fraction of sp³-hybridized carbons (Fsp3) is 0.363. The second-order valence-corrected chi connectivity index (χ2v) is 37.8. The summed E-state index contributed by atoms with van der Waals surface area (Å²) in [5, 5.41) is 0. The van der Waals surface area contributed by atoms with E-state index in [0.29, 0.717) is 17.3 Å². The molecule has 0 amide bonds. The molecule has 2 aliphatic heterocycles. The van der Waals surface area contributed by atoms with Gasteiger partial charge in [-0.15, -0.1) is 0 Å². The van der Waals surface area contributed by atoms with E-state index < -0.39 is 5.79 Å². The standard InChI is InChI=1S/C31H28O2.C27H22.C24H32.C22H26.2C7H8.6C2H6.3CH4.2CH3.Y/c1-21-13-15-25-27(23-9-5-3-6-10-23)19-31(32-29(25)17-21)20-28(24-11-7-4-8-12-24)26-16-14-22(2)18-30(26)33-31;1-19-11-15-21(16-12-19)27(22-17-13-20(2)14-18-22)25-9-5-3-7-23(25)24-8-4-6-10-26(24)27;1-18-6-10-20(11-7-18)23(3,4)21-14-16-24(5,17-15-21)22-12-8-19(2)9-13-22;1-13-7-9-17-15(11-13)19-20(21(17,3)4)16-12-14(2)8-10-18(16)22(19,5)6;2*1-7-5-3-2-4-6-7;6*1-2;;;;;;/h3-18,27-28H,19-20H2,1-2H3;3-18H,1-2H3;6-13,21H,14-17H2,1-5H3;7-12,19-20H,1-6H3;2*2-6H,1H3;6*1-2H3;3*1H4;2*1H3;/q;;;;;;;;;;;;;;;2*-1;. The molecule has 735 valence electrons. The molecule has 1 fully saturated rings. The minimum Gasteiger partial charge on any atom is -0.452 e. The van der Waals surface area contributed by atoms with Gasteiger partial charge in [0.2, 0.25) is 0 Å². The van der Waals surface area contributed by atoms with Crippen molar-refractivity contribution in [3.05, 3.63) is 488 Å². The van der Waals surface area contributed by atoms with Crippen molar-refractivity contribution in [1.82, 2.24) is 0 Å². The molecule has 138 heavy (non-hydrogen) atoms. The average Bonchev–Trinajstić information content (AvgIpc) is 1.52. The summed E-state index contributed by atoms with van der Waals surface area (Å²) in [7, 11) is 0. The molecule has 4 atom stereocenters. The van der Waals surface area contributed by atoms with Crippen LogP contribution in [-0.2, 0) is 59.8 Å². The van der Waals surface area contributed by atoms with Crippen LogP contribution in [0.2, 0.25) is 0 Å². The van der Waals surface area contributed by atoms with Crippen molar-refractivity contribution in [2.24, 2.45) is 5.92 Å². The van der Waals surface area contributed by atoms with Crippen LogP contribution >= 0.6 is 0 Å². The second kappa shape index (κ2) is 56.3. The van der Waals surface area contributed by atoms with Crippen molar-refractivity contribution in [3.63, 3.8) is 0 Å². The van der Waals surface area contributed by atoms with Gasteiger partial charge in [0.05, 0.1) is 5.41 Å². The number of aryl methyl sites for hydroxylation is 10. The number of hydrogen-bond donors (Lipinski definition) is 0. The maximum atomic E-state index is 6.82. The molecule has 0 bridgehead atoms. The van der Waals surface area contributed by atoms with E-state index in [1.807, 2.05) is 119 Å². The van der Waals surface area contributed by atoms with Gasteiger partial charge in [-0.25, -0.2) is 0 Å². The monoisotopic (exact) mass is 1920 g/mol. The van der Waals surface area contributed by atoms with Crippen LogP contribution in [0.3, 0.4) is 0 Å². The van der Waals surface area contributed by atoms with Crippen molar-refractivity contribution in [2.75, 3.05) is 0 Å². The molecule has 2 nitrogen and oxygen atoms in total. The van der Waals surface area contributed by atoms with Gasteiger partial charge in [-0.1, -0.05) is 526 Å². The Kier molecular flexibility index (Phi) is 49.7. The summed E-state index contributed by atoms with van der Waals surface area (Å²) in [6.07, 6.45) is 6.82. The summed E-state index contributed by atoms with van der Waals surface area (Å²) in [6.45, 7) is 62.6. The summed E-state index contributed by atoms with van der Waals surface area (Å²) in [5.41, 5.74) is 36.4. The van der Waals surface area contributed by atoms with Crippen LogP contribution in [0.25, 0.3) is 11.1 Å². The van der Waals surface area contributed by atoms with E-state index in [1.54, 1.807) is 22.3 Å². The third-order valence-corrected chi connectivity index (χ3v) is 27.9. The number of ether oxygens (including phenoxy) is 2. The maximum absolute atomic E-state index is 6.82. The van der Waals surface area contributed by atoms with Crippen LogP contribution in [0.5, 0.6) is 11.5 Å². The number of hydrogen-bond acceptors (Lipinski definition) is 2. The minimum atomic E-state index is -0.720. The fourth-order valence-electron chi connectivity index (χ4n) is 21.0. The Balaban J connectivity index is 0.000000433. The van der Waals surface area contributed by atoms with E-state index >= 15 is 0 Å². The van der Waals surface area contributed by atoms with Gasteiger partial charge in [-0.2, -0.15) is 0 Å². The summed E-state index contributed by atoms with van der Waals surface area (Å²) in [6, 6.07) is 124. The topological polar surface area (TPSA) is 18.5 Å². The second-order valence-electron chi connectivity index (χ2n) is 37.8. The van der Waals surface area contributed by atoms with Crippen molar-refractivity contribution < 1.29 is 42.2 Å². The molecule has 0 N–H and O–H groups in total. The first-order chi connectivity index (χ1) is 63.6. The molecule has 1 spiro atoms. The quantitative estimate of drug-likeness (QED) is 0.148. The molecule has 1 radical (unpaired) electrons. The smallest absolute Gasteiger partial charge is 0.253 e. The first-order valence-electron chi connectivity index (χ1n) is 50.1. The van der Waals surface area contributed by atoms with Crippen molar-refractivity contribution >= 4 is 0 Å². The van der Waals surface area contributed by atoms with Crippen LogP contribution < -0.4 is 9.47 Å². The zero-order chi connectivity index (χ0) is 96.3. The summed E-state index contributed by atoms with van der Waals surface area (Å²) in [5.74, 6) is 3.60. The van der Waals surface area contributed by atoms with Crippen molar-refractivity contribution in [1.29, 1.82) is 0 Å². The molecule has 1 saturated carbocycles. The van der Waals surface area contributed by atoms with Gasteiger partial charge < -0.3 is 24.3 Å². The molecule has 4 aliphatic carbocycles. The van der Waals surface area contributed by atoms with E-state index in [1.165, 1.54) is 148 Å². The maximum Gasteiger partial charge on any atom is 0.253 e. The summed E-state index contributed by atoms with van der Waals surface area (Å²) in [4.78, 5) is 0. The first-order valence-corrected chi connectivity index (χ1v) is 50.1. The van der Waals surface area contributed by atoms with Gasteiger partial charge in [0.15, 0.2) is 0 Å². The van der Waals surface area contributed by atoms with Crippen LogP contribution in [-0.4, -0.2) is 5.79 Å². The van der Waals surface area contributed by atoms with Crippen LogP contribution in [0, 0.1) is 90.0 Å². The Labute approximate surface area is 869 Å². The van der Waals surface area contributed by atoms with Crippen LogP contribution in [0.15, 0.2) is 340 Å². The Bertz CT molecular complexity index is 5530. The first kappa shape index (κ1) is 122. The van der Waals surface area contributed by atoms with Gasteiger partial charge in [0.1, 0.15) is 11.5 Å². The average molecular weight is 1920 g/mol. The molecule has 3 heteroatoms.